The molecular weight excluding hydrogens is 245 g/mol. The molecule has 1 amide bonds. The van der Waals surface area contributed by atoms with E-state index in [1.807, 2.05) is 25.7 Å². The predicted octanol–water partition coefficient (Wildman–Crippen LogP) is 2.91. The van der Waals surface area contributed by atoms with Crippen LogP contribution in [0.15, 0.2) is 18.2 Å². The molecule has 1 saturated heterocycles. The predicted molar refractivity (Wildman–Crippen MR) is 69.3 cm³/mol. The van der Waals surface area contributed by atoms with Gasteiger partial charge < -0.3 is 9.64 Å². The lowest BCUT2D eigenvalue weighted by Crippen LogP contribution is -2.39. The molecule has 1 aromatic carbocycles. The molecule has 0 N–H and O–H groups in total. The Morgan fingerprint density at radius 1 is 1.42 bits per heavy atom. The maximum Gasteiger partial charge on any atom is 0.228 e. The van der Waals surface area contributed by atoms with Crippen LogP contribution >= 0.6 is 0 Å². The molecule has 0 spiro atoms. The van der Waals surface area contributed by atoms with Crippen LogP contribution in [0.3, 0.4) is 0 Å². The number of carbonyl (C=O) groups excluding carboxylic acids is 1. The fourth-order valence-corrected chi connectivity index (χ4v) is 2.90. The molecule has 0 radical (unpaired) electrons. The molecule has 1 aromatic rings. The van der Waals surface area contributed by atoms with E-state index in [1.54, 1.807) is 6.07 Å². The molecule has 102 valence electrons. The Hall–Kier alpha value is -1.58. The molecule has 0 unspecified atom stereocenters. The molecule has 4 heteroatoms. The molecule has 2 aliphatic heterocycles. The highest BCUT2D eigenvalue weighted by Crippen LogP contribution is 2.44. The zero-order valence-electron chi connectivity index (χ0n) is 11.4. The van der Waals surface area contributed by atoms with Gasteiger partial charge in [-0.25, -0.2) is 4.39 Å². The van der Waals surface area contributed by atoms with Crippen LogP contribution in [-0.2, 0) is 4.79 Å². The summed E-state index contributed by atoms with van der Waals surface area (Å²) in [5.41, 5.74) is 0.372. The van der Waals surface area contributed by atoms with Gasteiger partial charge in [0.1, 0.15) is 17.7 Å². The fourth-order valence-electron chi connectivity index (χ4n) is 2.90. The summed E-state index contributed by atoms with van der Waals surface area (Å²) < 4.78 is 19.2. The van der Waals surface area contributed by atoms with Crippen LogP contribution in [0.5, 0.6) is 5.75 Å². The number of amides is 1. The number of likely N-dealkylation sites (tertiary alicyclic amines) is 1. The van der Waals surface area contributed by atoms with Crippen molar-refractivity contribution in [2.75, 3.05) is 6.54 Å². The Morgan fingerprint density at radius 3 is 2.84 bits per heavy atom. The third-order valence-corrected chi connectivity index (χ3v) is 3.79. The first-order chi connectivity index (χ1) is 8.86. The minimum atomic E-state index is -0.426. The number of carbonyl (C=O) groups is 1. The summed E-state index contributed by atoms with van der Waals surface area (Å²) in [6.45, 7) is 6.32. The molecular formula is C15H18FNO2. The number of hydrogen-bond acceptors (Lipinski definition) is 2. The number of benzene rings is 1. The molecule has 19 heavy (non-hydrogen) atoms. The average Bonchev–Trinajstić information content (AvgIpc) is 2.67. The van der Waals surface area contributed by atoms with E-state index >= 15 is 0 Å². The van der Waals surface area contributed by atoms with E-state index < -0.39 is 5.41 Å². The number of fused-ring (bicyclic) bond motifs is 4. The topological polar surface area (TPSA) is 29.5 Å². The van der Waals surface area contributed by atoms with Crippen LogP contribution in [0.2, 0.25) is 0 Å². The van der Waals surface area contributed by atoms with Crippen molar-refractivity contribution in [3.63, 3.8) is 0 Å². The van der Waals surface area contributed by atoms with Crippen molar-refractivity contribution in [3.8, 4) is 5.75 Å². The van der Waals surface area contributed by atoms with Crippen LogP contribution in [0.1, 0.15) is 38.8 Å². The first-order valence-corrected chi connectivity index (χ1v) is 6.63. The molecule has 0 aromatic heterocycles. The van der Waals surface area contributed by atoms with Crippen LogP contribution in [0.25, 0.3) is 0 Å². The van der Waals surface area contributed by atoms with Crippen LogP contribution in [0, 0.1) is 11.2 Å². The van der Waals surface area contributed by atoms with Gasteiger partial charge in [0.25, 0.3) is 0 Å². The SMILES string of the molecule is CC(C)(C)C(=O)N1C[C@@H]2C[C@H]1c1cc(F)ccc1O2. The van der Waals surface area contributed by atoms with E-state index in [-0.39, 0.29) is 23.9 Å². The molecule has 0 saturated carbocycles. The monoisotopic (exact) mass is 263 g/mol. The summed E-state index contributed by atoms with van der Waals surface area (Å²) in [6, 6.07) is 4.51. The molecule has 3 nitrogen and oxygen atoms in total. The van der Waals surface area contributed by atoms with E-state index in [2.05, 4.69) is 0 Å². The van der Waals surface area contributed by atoms with Gasteiger partial charge in [-0.3, -0.25) is 4.79 Å². The second kappa shape index (κ2) is 3.95. The van der Waals surface area contributed by atoms with E-state index in [0.29, 0.717) is 12.3 Å². The number of rotatable bonds is 0. The molecule has 2 heterocycles. The number of halogens is 1. The van der Waals surface area contributed by atoms with Gasteiger partial charge in [-0.1, -0.05) is 20.8 Å². The lowest BCUT2D eigenvalue weighted by atomic mass is 9.93. The quantitative estimate of drug-likeness (QED) is 0.720. The minimum absolute atomic E-state index is 0.0364. The Labute approximate surface area is 112 Å². The minimum Gasteiger partial charge on any atom is -0.488 e. The molecule has 2 aliphatic rings. The summed E-state index contributed by atoms with van der Waals surface area (Å²) in [6.07, 6.45) is 0.799. The number of hydrogen-bond donors (Lipinski definition) is 0. The van der Waals surface area contributed by atoms with Crippen molar-refractivity contribution in [2.45, 2.75) is 39.3 Å². The molecule has 2 atom stereocenters. The highest BCUT2D eigenvalue weighted by molar-refractivity contribution is 5.82. The van der Waals surface area contributed by atoms with Crippen molar-refractivity contribution < 1.29 is 13.9 Å². The molecule has 0 aliphatic carbocycles. The van der Waals surface area contributed by atoms with Gasteiger partial charge in [0.05, 0.1) is 12.6 Å². The lowest BCUT2D eigenvalue weighted by Gasteiger charge is -2.31. The highest BCUT2D eigenvalue weighted by atomic mass is 19.1. The molecule has 2 bridgehead atoms. The first kappa shape index (κ1) is 12.5. The van der Waals surface area contributed by atoms with E-state index in [9.17, 15) is 9.18 Å². The normalized spacial score (nSPS) is 24.9. The largest absolute Gasteiger partial charge is 0.488 e. The van der Waals surface area contributed by atoms with Gasteiger partial charge in [-0.2, -0.15) is 0 Å². The smallest absolute Gasteiger partial charge is 0.228 e. The number of nitrogens with zero attached hydrogens (tertiary/aromatic N) is 1. The van der Waals surface area contributed by atoms with Gasteiger partial charge in [0.15, 0.2) is 0 Å². The summed E-state index contributed by atoms with van der Waals surface area (Å²) in [4.78, 5) is 14.3. The highest BCUT2D eigenvalue weighted by Gasteiger charge is 2.44. The van der Waals surface area contributed by atoms with Crippen LogP contribution < -0.4 is 4.74 Å². The molecule has 3 rings (SSSR count). The summed E-state index contributed by atoms with van der Waals surface area (Å²) in [5.74, 6) is 0.531. The summed E-state index contributed by atoms with van der Waals surface area (Å²) in [5, 5.41) is 0. The second-order valence-electron chi connectivity index (χ2n) is 6.38. The van der Waals surface area contributed by atoms with Gasteiger partial charge >= 0.3 is 0 Å². The van der Waals surface area contributed by atoms with Gasteiger partial charge in [0, 0.05) is 17.4 Å². The third-order valence-electron chi connectivity index (χ3n) is 3.79. The van der Waals surface area contributed by atoms with E-state index in [0.717, 1.165) is 12.0 Å². The van der Waals surface area contributed by atoms with Crippen LogP contribution in [0.4, 0.5) is 4.39 Å². The Bertz CT molecular complexity index is 535. The lowest BCUT2D eigenvalue weighted by molar-refractivity contribution is -0.140. The van der Waals surface area contributed by atoms with Crippen molar-refractivity contribution in [1.29, 1.82) is 0 Å². The third kappa shape index (κ3) is 1.99. The zero-order valence-corrected chi connectivity index (χ0v) is 11.4. The van der Waals surface area contributed by atoms with Crippen molar-refractivity contribution in [1.82, 2.24) is 4.90 Å². The van der Waals surface area contributed by atoms with E-state index in [4.69, 9.17) is 4.74 Å². The van der Waals surface area contributed by atoms with Crippen LogP contribution in [-0.4, -0.2) is 23.5 Å². The fraction of sp³-hybridized carbons (Fsp3) is 0.533. The van der Waals surface area contributed by atoms with Gasteiger partial charge in [-0.15, -0.1) is 0 Å². The standard InChI is InChI=1S/C15H18FNO2/c1-15(2,3)14(18)17-8-10-7-12(17)11-6-9(16)4-5-13(11)19-10/h4-6,10,12H,7-8H2,1-3H3/t10-,12-/m0/s1. The Kier molecular flexibility index (Phi) is 2.59. The summed E-state index contributed by atoms with van der Waals surface area (Å²) >= 11 is 0. The average molecular weight is 263 g/mol. The van der Waals surface area contributed by atoms with Crippen molar-refractivity contribution in [2.24, 2.45) is 5.41 Å². The maximum atomic E-state index is 13.4. The first-order valence-electron chi connectivity index (χ1n) is 6.63. The van der Waals surface area contributed by atoms with E-state index in [1.165, 1.54) is 12.1 Å². The maximum absolute atomic E-state index is 13.4. The number of ether oxygens (including phenoxy) is 1. The van der Waals surface area contributed by atoms with Gasteiger partial charge in [-0.05, 0) is 18.2 Å². The van der Waals surface area contributed by atoms with Crippen molar-refractivity contribution >= 4 is 5.91 Å². The van der Waals surface area contributed by atoms with Gasteiger partial charge in [0.2, 0.25) is 5.91 Å². The Morgan fingerprint density at radius 2 is 2.16 bits per heavy atom. The molecule has 1 fully saturated rings. The van der Waals surface area contributed by atoms with Crippen molar-refractivity contribution in [3.05, 3.63) is 29.6 Å². The second-order valence-corrected chi connectivity index (χ2v) is 6.38. The zero-order chi connectivity index (χ0) is 13.8. The summed E-state index contributed by atoms with van der Waals surface area (Å²) in [7, 11) is 0. The Balaban J connectivity index is 1.99.